The molecule has 0 saturated carbocycles. The number of rotatable bonds is 4. The van der Waals surface area contributed by atoms with Crippen LogP contribution >= 0.6 is 0 Å². The van der Waals surface area contributed by atoms with Crippen molar-refractivity contribution in [3.8, 4) is 0 Å². The number of ether oxygens (including phenoxy) is 2. The molecule has 1 amide bonds. The van der Waals surface area contributed by atoms with Crippen LogP contribution in [0.2, 0.25) is 0 Å². The molecule has 1 aliphatic rings. The molecule has 1 aliphatic heterocycles. The lowest BCUT2D eigenvalue weighted by Gasteiger charge is -2.33. The summed E-state index contributed by atoms with van der Waals surface area (Å²) in [5, 5.41) is 10.6. The minimum absolute atomic E-state index is 0.00598. The van der Waals surface area contributed by atoms with E-state index >= 15 is 0 Å². The standard InChI is InChI=1S/C16H20N3O5/c1-3-15-10-18(8-9-23-15)12(2)17-16(20)24-11-13-4-6-14(7-5-13)19(21)22/h3-7,15H,8-11H2,1-2H3/b17-12+. The molecule has 1 saturated heterocycles. The van der Waals surface area contributed by atoms with Crippen LogP contribution in [0, 0.1) is 16.5 Å². The molecule has 1 unspecified atom stereocenters. The van der Waals surface area contributed by atoms with Crippen molar-refractivity contribution in [1.82, 2.24) is 4.90 Å². The van der Waals surface area contributed by atoms with Crippen molar-refractivity contribution < 1.29 is 19.2 Å². The number of carbonyl (C=O) groups excluding carboxylic acids is 1. The van der Waals surface area contributed by atoms with Gasteiger partial charge in [0.2, 0.25) is 0 Å². The third-order valence-corrected chi connectivity index (χ3v) is 3.69. The second-order valence-corrected chi connectivity index (χ2v) is 5.33. The number of benzene rings is 1. The van der Waals surface area contributed by atoms with Crippen molar-refractivity contribution in [3.63, 3.8) is 0 Å². The van der Waals surface area contributed by atoms with Crippen molar-refractivity contribution >= 4 is 17.6 Å². The number of nitro benzene ring substituents is 1. The third-order valence-electron chi connectivity index (χ3n) is 3.69. The minimum Gasteiger partial charge on any atom is -0.443 e. The number of morpholine rings is 1. The Labute approximate surface area is 140 Å². The van der Waals surface area contributed by atoms with Gasteiger partial charge in [-0.3, -0.25) is 10.1 Å². The summed E-state index contributed by atoms with van der Waals surface area (Å²) in [6.45, 7) is 5.61. The van der Waals surface area contributed by atoms with Crippen molar-refractivity contribution in [3.05, 3.63) is 46.4 Å². The van der Waals surface area contributed by atoms with E-state index in [0.717, 1.165) is 0 Å². The molecule has 1 radical (unpaired) electrons. The van der Waals surface area contributed by atoms with E-state index in [9.17, 15) is 14.9 Å². The Balaban J connectivity index is 1.86. The van der Waals surface area contributed by atoms with Crippen LogP contribution in [0.5, 0.6) is 0 Å². The highest BCUT2D eigenvalue weighted by Crippen LogP contribution is 2.13. The molecule has 0 bridgehead atoms. The Hall–Kier alpha value is -2.48. The van der Waals surface area contributed by atoms with Gasteiger partial charge < -0.3 is 14.4 Å². The van der Waals surface area contributed by atoms with Gasteiger partial charge in [0.1, 0.15) is 12.4 Å². The first kappa shape index (κ1) is 17.9. The molecule has 1 heterocycles. The molecule has 0 aliphatic carbocycles. The molecule has 1 aromatic carbocycles. The number of carbonyl (C=O) groups is 1. The molecule has 1 atom stereocenters. The van der Waals surface area contributed by atoms with E-state index in [2.05, 4.69) is 4.99 Å². The lowest BCUT2D eigenvalue weighted by molar-refractivity contribution is -0.384. The Morgan fingerprint density at radius 1 is 1.50 bits per heavy atom. The van der Waals surface area contributed by atoms with Gasteiger partial charge in [0.15, 0.2) is 0 Å². The largest absolute Gasteiger partial charge is 0.443 e. The van der Waals surface area contributed by atoms with Crippen LogP contribution in [0.15, 0.2) is 29.3 Å². The topological polar surface area (TPSA) is 94.3 Å². The van der Waals surface area contributed by atoms with E-state index in [0.29, 0.717) is 31.1 Å². The maximum Gasteiger partial charge on any atom is 0.435 e. The van der Waals surface area contributed by atoms with Gasteiger partial charge in [0.05, 0.1) is 17.6 Å². The monoisotopic (exact) mass is 334 g/mol. The maximum atomic E-state index is 11.8. The second kappa shape index (κ2) is 8.39. The highest BCUT2D eigenvalue weighted by molar-refractivity contribution is 5.90. The fourth-order valence-electron chi connectivity index (χ4n) is 2.27. The average Bonchev–Trinajstić information content (AvgIpc) is 2.60. The summed E-state index contributed by atoms with van der Waals surface area (Å²) in [7, 11) is 0. The second-order valence-electron chi connectivity index (χ2n) is 5.33. The van der Waals surface area contributed by atoms with Crippen LogP contribution in [0.4, 0.5) is 10.5 Å². The van der Waals surface area contributed by atoms with Gasteiger partial charge in [-0.15, -0.1) is 0 Å². The average molecular weight is 334 g/mol. The molecule has 24 heavy (non-hydrogen) atoms. The zero-order valence-electron chi connectivity index (χ0n) is 13.7. The van der Waals surface area contributed by atoms with Crippen molar-refractivity contribution in [2.24, 2.45) is 4.99 Å². The number of nitro groups is 1. The number of non-ortho nitro benzene ring substituents is 1. The van der Waals surface area contributed by atoms with Crippen LogP contribution < -0.4 is 0 Å². The summed E-state index contributed by atoms with van der Waals surface area (Å²) in [6.07, 6.45) is 1.31. The van der Waals surface area contributed by atoms with Crippen molar-refractivity contribution in [2.45, 2.75) is 26.6 Å². The number of amides is 1. The molecular formula is C16H20N3O5. The minimum atomic E-state index is -0.686. The zero-order valence-corrected chi connectivity index (χ0v) is 13.7. The molecular weight excluding hydrogens is 314 g/mol. The smallest absolute Gasteiger partial charge is 0.435 e. The van der Waals surface area contributed by atoms with E-state index in [1.807, 2.05) is 18.2 Å². The molecule has 8 heteroatoms. The van der Waals surface area contributed by atoms with Gasteiger partial charge in [-0.25, -0.2) is 4.79 Å². The summed E-state index contributed by atoms with van der Waals surface area (Å²) in [5.41, 5.74) is 0.655. The zero-order chi connectivity index (χ0) is 17.5. The number of hydrogen-bond acceptors (Lipinski definition) is 5. The Kier molecular flexibility index (Phi) is 6.25. The number of amidine groups is 1. The van der Waals surface area contributed by atoms with Crippen LogP contribution in [-0.2, 0) is 16.1 Å². The van der Waals surface area contributed by atoms with Gasteiger partial charge in [-0.2, -0.15) is 4.99 Å². The Morgan fingerprint density at radius 3 is 2.83 bits per heavy atom. The van der Waals surface area contributed by atoms with E-state index in [-0.39, 0.29) is 18.4 Å². The van der Waals surface area contributed by atoms with Gasteiger partial charge in [0.25, 0.3) is 5.69 Å². The normalized spacial score (nSPS) is 18.3. The van der Waals surface area contributed by atoms with Gasteiger partial charge >= 0.3 is 6.09 Å². The lowest BCUT2D eigenvalue weighted by atomic mass is 10.2. The van der Waals surface area contributed by atoms with Gasteiger partial charge in [-0.1, -0.05) is 6.92 Å². The fraction of sp³-hybridized carbons (Fsp3) is 0.438. The summed E-state index contributed by atoms with van der Waals surface area (Å²) in [5.74, 6) is 0.582. The molecule has 0 spiro atoms. The Bertz CT molecular complexity index is 615. The summed E-state index contributed by atoms with van der Waals surface area (Å²) >= 11 is 0. The molecule has 0 N–H and O–H groups in total. The molecule has 1 aromatic rings. The van der Waals surface area contributed by atoms with Gasteiger partial charge in [0, 0.05) is 25.2 Å². The van der Waals surface area contributed by atoms with Crippen LogP contribution in [-0.4, -0.2) is 47.6 Å². The third kappa shape index (κ3) is 5.02. The van der Waals surface area contributed by atoms with Crippen molar-refractivity contribution in [2.75, 3.05) is 19.7 Å². The van der Waals surface area contributed by atoms with Gasteiger partial charge in [-0.05, 0) is 31.0 Å². The maximum absolute atomic E-state index is 11.8. The predicted octanol–water partition coefficient (Wildman–Crippen LogP) is 2.57. The summed E-state index contributed by atoms with van der Waals surface area (Å²) < 4.78 is 10.6. The van der Waals surface area contributed by atoms with Crippen LogP contribution in [0.25, 0.3) is 0 Å². The SMILES string of the molecule is C[CH]C1CN(/C(C)=N/C(=O)OCc2ccc([N+](=O)[O-])cc2)CCO1. The first-order chi connectivity index (χ1) is 11.5. The number of nitrogens with zero attached hydrogens (tertiary/aromatic N) is 3. The quantitative estimate of drug-likeness (QED) is 0.363. The summed E-state index contributed by atoms with van der Waals surface area (Å²) in [4.78, 5) is 27.8. The highest BCUT2D eigenvalue weighted by Gasteiger charge is 2.20. The lowest BCUT2D eigenvalue weighted by Crippen LogP contribution is -2.44. The molecule has 129 valence electrons. The number of hydrogen-bond donors (Lipinski definition) is 0. The van der Waals surface area contributed by atoms with E-state index in [4.69, 9.17) is 9.47 Å². The van der Waals surface area contributed by atoms with E-state index < -0.39 is 11.0 Å². The van der Waals surface area contributed by atoms with E-state index in [1.54, 1.807) is 19.1 Å². The van der Waals surface area contributed by atoms with Crippen LogP contribution in [0.3, 0.4) is 0 Å². The highest BCUT2D eigenvalue weighted by atomic mass is 16.6. The Morgan fingerprint density at radius 2 is 2.21 bits per heavy atom. The first-order valence-electron chi connectivity index (χ1n) is 7.61. The molecule has 1 fully saturated rings. The van der Waals surface area contributed by atoms with Crippen molar-refractivity contribution in [1.29, 1.82) is 0 Å². The molecule has 0 aromatic heterocycles. The predicted molar refractivity (Wildman–Crippen MR) is 87.7 cm³/mol. The van der Waals surface area contributed by atoms with E-state index in [1.165, 1.54) is 12.1 Å². The molecule has 2 rings (SSSR count). The molecule has 8 nitrogen and oxygen atoms in total. The van der Waals surface area contributed by atoms with Crippen LogP contribution in [0.1, 0.15) is 19.4 Å². The summed E-state index contributed by atoms with van der Waals surface area (Å²) in [6, 6.07) is 5.83. The first-order valence-corrected chi connectivity index (χ1v) is 7.61. The number of aliphatic imine (C=N–C) groups is 1. The fourth-order valence-corrected chi connectivity index (χ4v) is 2.27.